The van der Waals surface area contributed by atoms with Crippen molar-refractivity contribution in [3.63, 3.8) is 0 Å². The number of ether oxygens (including phenoxy) is 2. The lowest BCUT2D eigenvalue weighted by Gasteiger charge is -2.15. The predicted octanol–water partition coefficient (Wildman–Crippen LogP) is 3.49. The minimum absolute atomic E-state index is 0.00846. The molecule has 0 bridgehead atoms. The van der Waals surface area contributed by atoms with Gasteiger partial charge in [0.05, 0.1) is 24.5 Å². The number of thiocarbonyl (C=S) groups is 1. The number of nitrogens with one attached hydrogen (secondary N) is 1. The number of nitrogens with zero attached hydrogens (tertiary/aromatic N) is 1. The van der Waals surface area contributed by atoms with Crippen LogP contribution in [0, 0.1) is 0 Å². The van der Waals surface area contributed by atoms with E-state index in [1.165, 1.54) is 0 Å². The van der Waals surface area contributed by atoms with Crippen LogP contribution in [0.2, 0.25) is 0 Å². The second kappa shape index (κ2) is 10.8. The molecule has 0 aliphatic carbocycles. The van der Waals surface area contributed by atoms with Gasteiger partial charge in [-0.3, -0.25) is 19.8 Å². The van der Waals surface area contributed by atoms with Gasteiger partial charge in [0.25, 0.3) is 11.8 Å². The van der Waals surface area contributed by atoms with Crippen LogP contribution in [0.3, 0.4) is 0 Å². The number of hydrogen-bond donors (Lipinski definition) is 2. The largest absolute Gasteiger partial charge is 0.490 e. The number of carboxylic acids is 1. The molecule has 0 atom stereocenters. The average Bonchev–Trinajstić information content (AvgIpc) is 3.03. The monoisotopic (exact) mass is 472 g/mol. The highest BCUT2D eigenvalue weighted by Crippen LogP contribution is 2.34. The zero-order valence-corrected chi connectivity index (χ0v) is 18.7. The first-order chi connectivity index (χ1) is 15.4. The Morgan fingerprint density at radius 2 is 1.91 bits per heavy atom. The van der Waals surface area contributed by atoms with Crippen LogP contribution in [-0.2, 0) is 9.59 Å². The first kappa shape index (κ1) is 23.3. The molecule has 32 heavy (non-hydrogen) atoms. The molecule has 0 radical (unpaired) electrons. The normalized spacial score (nSPS) is 14.5. The average molecular weight is 473 g/mol. The zero-order valence-electron chi connectivity index (χ0n) is 17.1. The van der Waals surface area contributed by atoms with Gasteiger partial charge in [-0.15, -0.1) is 0 Å². The molecule has 3 rings (SSSR count). The van der Waals surface area contributed by atoms with E-state index in [0.717, 1.165) is 16.8 Å². The van der Waals surface area contributed by atoms with Gasteiger partial charge in [-0.25, -0.2) is 0 Å². The molecule has 0 aromatic heterocycles. The smallest absolute Gasteiger partial charge is 0.306 e. The lowest BCUT2D eigenvalue weighted by atomic mass is 10.2. The number of carbonyl (C=O) groups excluding carboxylic acids is 2. The Morgan fingerprint density at radius 3 is 2.59 bits per heavy atom. The van der Waals surface area contributed by atoms with Gasteiger partial charge in [-0.1, -0.05) is 36.0 Å². The summed E-state index contributed by atoms with van der Waals surface area (Å²) in [5, 5.41) is 9.81. The van der Waals surface area contributed by atoms with Crippen molar-refractivity contribution < 1.29 is 29.0 Å². The second-order valence-corrected chi connectivity index (χ2v) is 8.13. The molecule has 1 fully saturated rings. The van der Waals surface area contributed by atoms with Gasteiger partial charge in [-0.2, -0.15) is 5.01 Å². The number of carboxylic acid groups (broad SMARTS) is 1. The molecule has 2 aromatic carbocycles. The third-order valence-corrected chi connectivity index (χ3v) is 5.48. The molecule has 10 heteroatoms. The number of hydrogen-bond acceptors (Lipinski definition) is 7. The summed E-state index contributed by atoms with van der Waals surface area (Å²) < 4.78 is 11.3. The second-order valence-electron chi connectivity index (χ2n) is 6.46. The molecule has 1 heterocycles. The van der Waals surface area contributed by atoms with Crippen LogP contribution in [0.15, 0.2) is 53.4 Å². The Kier molecular flexibility index (Phi) is 7.85. The van der Waals surface area contributed by atoms with Crippen molar-refractivity contribution >= 4 is 52.2 Å². The maximum absolute atomic E-state index is 12.8. The Morgan fingerprint density at radius 1 is 1.16 bits per heavy atom. The topological polar surface area (TPSA) is 105 Å². The van der Waals surface area contributed by atoms with Crippen molar-refractivity contribution in [1.82, 2.24) is 10.4 Å². The van der Waals surface area contributed by atoms with Gasteiger partial charge in [-0.05, 0) is 55.0 Å². The van der Waals surface area contributed by atoms with E-state index in [-0.39, 0.29) is 17.3 Å². The summed E-state index contributed by atoms with van der Waals surface area (Å²) in [5.74, 6) is -0.998. The van der Waals surface area contributed by atoms with E-state index in [1.807, 2.05) is 6.92 Å². The van der Waals surface area contributed by atoms with Gasteiger partial charge in [0.1, 0.15) is 0 Å². The molecule has 2 N–H and O–H groups in total. The predicted molar refractivity (Wildman–Crippen MR) is 124 cm³/mol. The van der Waals surface area contributed by atoms with E-state index in [1.54, 1.807) is 54.6 Å². The molecule has 2 aromatic rings. The number of hydrazine groups is 1. The van der Waals surface area contributed by atoms with Crippen molar-refractivity contribution in [2.24, 2.45) is 0 Å². The van der Waals surface area contributed by atoms with Crippen LogP contribution in [0.25, 0.3) is 6.08 Å². The fourth-order valence-corrected chi connectivity index (χ4v) is 3.90. The van der Waals surface area contributed by atoms with Crippen molar-refractivity contribution in [2.75, 3.05) is 13.2 Å². The van der Waals surface area contributed by atoms with Gasteiger partial charge >= 0.3 is 5.97 Å². The highest BCUT2D eigenvalue weighted by Gasteiger charge is 2.33. The Labute approximate surface area is 194 Å². The van der Waals surface area contributed by atoms with Gasteiger partial charge < -0.3 is 14.6 Å². The van der Waals surface area contributed by atoms with Crippen LogP contribution in [0.1, 0.15) is 29.3 Å². The van der Waals surface area contributed by atoms with E-state index in [4.69, 9.17) is 26.8 Å². The van der Waals surface area contributed by atoms with Crippen molar-refractivity contribution in [2.45, 2.75) is 13.3 Å². The SMILES string of the molecule is CCOc1cc(/C=C2/SC(=S)N(NC(=O)c3ccccc3)C2=O)ccc1OCCC(=O)O. The Hall–Kier alpha value is -3.37. The summed E-state index contributed by atoms with van der Waals surface area (Å²) in [6.45, 7) is 2.20. The first-order valence-corrected chi connectivity index (χ1v) is 10.9. The molecular weight excluding hydrogens is 452 g/mol. The molecule has 0 unspecified atom stereocenters. The van der Waals surface area contributed by atoms with Crippen molar-refractivity contribution in [3.05, 3.63) is 64.6 Å². The van der Waals surface area contributed by atoms with Gasteiger partial charge in [0, 0.05) is 5.56 Å². The minimum atomic E-state index is -0.957. The summed E-state index contributed by atoms with van der Waals surface area (Å²) >= 11 is 6.33. The zero-order chi connectivity index (χ0) is 23.1. The van der Waals surface area contributed by atoms with Gasteiger partial charge in [0.2, 0.25) is 0 Å². The molecule has 2 amide bonds. The molecule has 1 aliphatic rings. The lowest BCUT2D eigenvalue weighted by Crippen LogP contribution is -2.44. The lowest BCUT2D eigenvalue weighted by molar-refractivity contribution is -0.137. The Bertz CT molecular complexity index is 1070. The summed E-state index contributed by atoms with van der Waals surface area (Å²) in [4.78, 5) is 36.2. The molecule has 1 saturated heterocycles. The number of thioether (sulfide) groups is 1. The standard InChI is InChI=1S/C22H20N2O6S2/c1-2-29-17-12-14(8-9-16(17)30-11-10-19(25)26)13-18-21(28)24(22(31)32-18)23-20(27)15-6-4-3-5-7-15/h3-9,12-13H,2,10-11H2,1H3,(H,23,27)(H,25,26)/b18-13+. The maximum atomic E-state index is 12.8. The highest BCUT2D eigenvalue weighted by atomic mass is 32.2. The number of amides is 2. The molecule has 1 aliphatic heterocycles. The highest BCUT2D eigenvalue weighted by molar-refractivity contribution is 8.26. The number of benzene rings is 2. The fourth-order valence-electron chi connectivity index (χ4n) is 2.72. The van der Waals surface area contributed by atoms with E-state index in [2.05, 4.69) is 5.43 Å². The van der Waals surface area contributed by atoms with Crippen LogP contribution < -0.4 is 14.9 Å². The number of carbonyl (C=O) groups is 3. The van der Waals surface area contributed by atoms with Crippen LogP contribution >= 0.6 is 24.0 Å². The summed E-state index contributed by atoms with van der Waals surface area (Å²) in [6, 6.07) is 13.6. The maximum Gasteiger partial charge on any atom is 0.306 e. The molecule has 0 saturated carbocycles. The molecule has 166 valence electrons. The summed E-state index contributed by atoms with van der Waals surface area (Å²) in [5.41, 5.74) is 3.60. The quantitative estimate of drug-likeness (QED) is 0.422. The fraction of sp³-hybridized carbons (Fsp3) is 0.182. The van der Waals surface area contributed by atoms with Crippen molar-refractivity contribution in [1.29, 1.82) is 0 Å². The van der Waals surface area contributed by atoms with E-state index in [9.17, 15) is 14.4 Å². The number of aliphatic carboxylic acids is 1. The van der Waals surface area contributed by atoms with Crippen molar-refractivity contribution in [3.8, 4) is 11.5 Å². The van der Waals surface area contributed by atoms with E-state index < -0.39 is 17.8 Å². The summed E-state index contributed by atoms with van der Waals surface area (Å²) in [6.07, 6.45) is 1.50. The van der Waals surface area contributed by atoms with E-state index >= 15 is 0 Å². The Balaban J connectivity index is 1.75. The third-order valence-electron chi connectivity index (χ3n) is 4.18. The third kappa shape index (κ3) is 5.86. The molecule has 0 spiro atoms. The minimum Gasteiger partial charge on any atom is -0.490 e. The van der Waals surface area contributed by atoms with Crippen LogP contribution in [-0.4, -0.2) is 45.4 Å². The first-order valence-electron chi connectivity index (χ1n) is 9.64. The molecular formula is C22H20N2O6S2. The van der Waals surface area contributed by atoms with Crippen LogP contribution in [0.5, 0.6) is 11.5 Å². The number of rotatable bonds is 9. The van der Waals surface area contributed by atoms with E-state index in [0.29, 0.717) is 34.1 Å². The molecule has 8 nitrogen and oxygen atoms in total. The summed E-state index contributed by atoms with van der Waals surface area (Å²) in [7, 11) is 0. The van der Waals surface area contributed by atoms with Gasteiger partial charge in [0.15, 0.2) is 15.8 Å². The van der Waals surface area contributed by atoms with Crippen LogP contribution in [0.4, 0.5) is 0 Å².